The third kappa shape index (κ3) is 3.37. The molecule has 0 fully saturated rings. The fourth-order valence-corrected chi connectivity index (χ4v) is 3.84. The van der Waals surface area contributed by atoms with E-state index in [1.165, 1.54) is 0 Å². The van der Waals surface area contributed by atoms with Gasteiger partial charge in [0.1, 0.15) is 0 Å². The van der Waals surface area contributed by atoms with E-state index in [4.69, 9.17) is 0 Å². The summed E-state index contributed by atoms with van der Waals surface area (Å²) in [7, 11) is -3.57. The Morgan fingerprint density at radius 2 is 1.65 bits per heavy atom. The van der Waals surface area contributed by atoms with Crippen LogP contribution in [0.5, 0.6) is 0 Å². The summed E-state index contributed by atoms with van der Waals surface area (Å²) >= 11 is 0. The zero-order valence-corrected chi connectivity index (χ0v) is 14.7. The molecule has 0 saturated heterocycles. The van der Waals surface area contributed by atoms with Crippen LogP contribution in [0.3, 0.4) is 0 Å². The van der Waals surface area contributed by atoms with Crippen LogP contribution in [0.15, 0.2) is 90.1 Å². The molecule has 0 atom stereocenters. The second kappa shape index (κ2) is 6.74. The molecule has 1 heterocycles. The minimum absolute atomic E-state index is 0.231. The van der Waals surface area contributed by atoms with E-state index in [2.05, 4.69) is 9.82 Å². The van der Waals surface area contributed by atoms with Crippen LogP contribution in [-0.4, -0.2) is 18.2 Å². The lowest BCUT2D eigenvalue weighted by Crippen LogP contribution is -2.23. The monoisotopic (exact) mass is 363 g/mol. The largest absolute Gasteiger partial charge is 0.241 e. The fourth-order valence-electron chi connectivity index (χ4n) is 2.78. The molecule has 0 aliphatic heterocycles. The van der Waals surface area contributed by atoms with Crippen molar-refractivity contribution in [3.8, 4) is 5.69 Å². The molecule has 4 aromatic rings. The number of benzene rings is 3. The van der Waals surface area contributed by atoms with Gasteiger partial charge in [0.05, 0.1) is 10.6 Å². The van der Waals surface area contributed by atoms with Gasteiger partial charge in [-0.05, 0) is 46.7 Å². The zero-order chi connectivity index (χ0) is 18.0. The minimum Gasteiger partial charge on any atom is -0.241 e. The predicted octanol–water partition coefficient (Wildman–Crippen LogP) is 3.50. The Bertz CT molecular complexity index is 1140. The Morgan fingerprint density at radius 1 is 0.885 bits per heavy atom. The number of rotatable bonds is 5. The van der Waals surface area contributed by atoms with Gasteiger partial charge in [-0.2, -0.15) is 5.10 Å². The van der Waals surface area contributed by atoms with Crippen LogP contribution in [0.2, 0.25) is 0 Å². The van der Waals surface area contributed by atoms with Gasteiger partial charge in [-0.25, -0.2) is 17.8 Å². The lowest BCUT2D eigenvalue weighted by atomic mass is 10.1. The maximum absolute atomic E-state index is 12.6. The van der Waals surface area contributed by atoms with Gasteiger partial charge >= 0.3 is 0 Å². The van der Waals surface area contributed by atoms with Gasteiger partial charge in [0.25, 0.3) is 0 Å². The lowest BCUT2D eigenvalue weighted by Gasteiger charge is -2.09. The average Bonchev–Trinajstić information content (AvgIpc) is 3.21. The van der Waals surface area contributed by atoms with Crippen LogP contribution in [0, 0.1) is 0 Å². The smallest absolute Gasteiger partial charge is 0.240 e. The van der Waals surface area contributed by atoms with Gasteiger partial charge in [0.2, 0.25) is 10.0 Å². The highest BCUT2D eigenvalue weighted by atomic mass is 32.2. The highest BCUT2D eigenvalue weighted by Gasteiger charge is 2.14. The van der Waals surface area contributed by atoms with E-state index in [1.54, 1.807) is 23.0 Å². The van der Waals surface area contributed by atoms with Crippen molar-refractivity contribution in [2.45, 2.75) is 11.4 Å². The molecule has 5 nitrogen and oxygen atoms in total. The maximum atomic E-state index is 12.6. The van der Waals surface area contributed by atoms with Crippen molar-refractivity contribution in [3.05, 3.63) is 90.8 Å². The van der Waals surface area contributed by atoms with E-state index in [-0.39, 0.29) is 11.4 Å². The first-order valence-electron chi connectivity index (χ1n) is 8.19. The van der Waals surface area contributed by atoms with Gasteiger partial charge < -0.3 is 0 Å². The molecule has 3 aromatic carbocycles. The van der Waals surface area contributed by atoms with Gasteiger partial charge in [-0.3, -0.25) is 0 Å². The predicted molar refractivity (Wildman–Crippen MR) is 102 cm³/mol. The molecule has 0 amide bonds. The molecule has 130 valence electrons. The normalized spacial score (nSPS) is 11.7. The number of sulfonamides is 1. The SMILES string of the molecule is O=S(=O)(NCc1ccc(-n2cccn2)cc1)c1ccc2ccccc2c1. The Labute approximate surface area is 152 Å². The Balaban J connectivity index is 1.50. The molecular weight excluding hydrogens is 346 g/mol. The first-order valence-corrected chi connectivity index (χ1v) is 9.68. The van der Waals surface area contributed by atoms with Crippen molar-refractivity contribution < 1.29 is 8.42 Å². The lowest BCUT2D eigenvalue weighted by molar-refractivity contribution is 0.581. The molecule has 0 aliphatic carbocycles. The first kappa shape index (κ1) is 16.5. The van der Waals surface area contributed by atoms with E-state index >= 15 is 0 Å². The molecule has 0 aliphatic rings. The van der Waals surface area contributed by atoms with Crippen LogP contribution in [0.1, 0.15) is 5.56 Å². The molecule has 0 spiro atoms. The van der Waals surface area contributed by atoms with E-state index in [9.17, 15) is 8.42 Å². The van der Waals surface area contributed by atoms with Crippen LogP contribution in [0.4, 0.5) is 0 Å². The van der Waals surface area contributed by atoms with Gasteiger partial charge in [-0.15, -0.1) is 0 Å². The number of fused-ring (bicyclic) bond motifs is 1. The van der Waals surface area contributed by atoms with Crippen molar-refractivity contribution in [3.63, 3.8) is 0 Å². The number of hydrogen-bond acceptors (Lipinski definition) is 3. The summed E-state index contributed by atoms with van der Waals surface area (Å²) in [6, 6.07) is 22.3. The molecule has 0 radical (unpaired) electrons. The molecule has 0 bridgehead atoms. The van der Waals surface area contributed by atoms with Gasteiger partial charge in [0, 0.05) is 18.9 Å². The van der Waals surface area contributed by atoms with Crippen LogP contribution in [-0.2, 0) is 16.6 Å². The second-order valence-electron chi connectivity index (χ2n) is 5.95. The molecule has 1 aromatic heterocycles. The maximum Gasteiger partial charge on any atom is 0.240 e. The first-order chi connectivity index (χ1) is 12.6. The molecular formula is C20H17N3O2S. The van der Waals surface area contributed by atoms with Crippen molar-refractivity contribution in [1.82, 2.24) is 14.5 Å². The highest BCUT2D eigenvalue weighted by molar-refractivity contribution is 7.89. The summed E-state index contributed by atoms with van der Waals surface area (Å²) in [6.07, 6.45) is 3.57. The summed E-state index contributed by atoms with van der Waals surface area (Å²) in [5, 5.41) is 6.09. The van der Waals surface area contributed by atoms with Crippen molar-refractivity contribution >= 4 is 20.8 Å². The van der Waals surface area contributed by atoms with Crippen LogP contribution >= 0.6 is 0 Å². The summed E-state index contributed by atoms with van der Waals surface area (Å²) in [6.45, 7) is 0.231. The van der Waals surface area contributed by atoms with Crippen LogP contribution < -0.4 is 4.72 Å². The summed E-state index contributed by atoms with van der Waals surface area (Å²) in [5.74, 6) is 0. The topological polar surface area (TPSA) is 64.0 Å². The fraction of sp³-hybridized carbons (Fsp3) is 0.0500. The number of hydrogen-bond donors (Lipinski definition) is 1. The van der Waals surface area contributed by atoms with E-state index < -0.39 is 10.0 Å². The third-order valence-corrected chi connectivity index (χ3v) is 5.60. The average molecular weight is 363 g/mol. The zero-order valence-electron chi connectivity index (χ0n) is 13.9. The minimum atomic E-state index is -3.57. The van der Waals surface area contributed by atoms with Crippen molar-refractivity contribution in [2.24, 2.45) is 0 Å². The van der Waals surface area contributed by atoms with E-state index in [1.807, 2.05) is 66.9 Å². The Kier molecular flexibility index (Phi) is 4.28. The van der Waals surface area contributed by atoms with E-state index in [0.29, 0.717) is 0 Å². The van der Waals surface area contributed by atoms with E-state index in [0.717, 1.165) is 22.0 Å². The number of nitrogens with one attached hydrogen (secondary N) is 1. The molecule has 6 heteroatoms. The van der Waals surface area contributed by atoms with Crippen molar-refractivity contribution in [2.75, 3.05) is 0 Å². The summed E-state index contributed by atoms with van der Waals surface area (Å²) in [4.78, 5) is 0.268. The molecule has 1 N–H and O–H groups in total. The number of nitrogens with zero attached hydrogens (tertiary/aromatic N) is 2. The second-order valence-corrected chi connectivity index (χ2v) is 7.72. The van der Waals surface area contributed by atoms with Crippen LogP contribution in [0.25, 0.3) is 16.5 Å². The third-order valence-electron chi connectivity index (χ3n) is 4.20. The van der Waals surface area contributed by atoms with Gasteiger partial charge in [0.15, 0.2) is 0 Å². The molecule has 4 rings (SSSR count). The quantitative estimate of drug-likeness (QED) is 0.590. The van der Waals surface area contributed by atoms with Gasteiger partial charge in [-0.1, -0.05) is 42.5 Å². The molecule has 0 saturated carbocycles. The molecule has 0 unspecified atom stereocenters. The highest BCUT2D eigenvalue weighted by Crippen LogP contribution is 2.19. The number of aromatic nitrogens is 2. The Morgan fingerprint density at radius 3 is 2.38 bits per heavy atom. The molecule has 26 heavy (non-hydrogen) atoms. The van der Waals surface area contributed by atoms with Crippen molar-refractivity contribution in [1.29, 1.82) is 0 Å². The Hall–Kier alpha value is -2.96. The standard InChI is InChI=1S/C20H17N3O2S/c24-26(25,20-11-8-17-4-1-2-5-18(17)14-20)22-15-16-6-9-19(10-7-16)23-13-3-12-21-23/h1-14,22H,15H2. The summed E-state index contributed by atoms with van der Waals surface area (Å²) in [5.41, 5.74) is 1.81. The summed E-state index contributed by atoms with van der Waals surface area (Å²) < 4.78 is 29.6.